The number of amides is 2. The predicted octanol–water partition coefficient (Wildman–Crippen LogP) is 3.80. The van der Waals surface area contributed by atoms with Crippen LogP contribution in [-0.2, 0) is 0 Å². The van der Waals surface area contributed by atoms with Crippen LogP contribution in [-0.4, -0.2) is 12.2 Å². The molecule has 0 saturated carbocycles. The first-order chi connectivity index (χ1) is 9.65. The third-order valence-corrected chi connectivity index (χ3v) is 2.91. The Morgan fingerprint density at radius 2 is 1.85 bits per heavy atom. The van der Waals surface area contributed by atoms with Crippen LogP contribution in [0, 0.1) is 6.92 Å². The Morgan fingerprint density at radius 1 is 1.15 bits per heavy atom. The summed E-state index contributed by atoms with van der Waals surface area (Å²) in [5, 5.41) is 7.17. The van der Waals surface area contributed by atoms with E-state index in [9.17, 15) is 4.79 Å². The highest BCUT2D eigenvalue weighted by atomic mass is 35.5. The zero-order valence-electron chi connectivity index (χ0n) is 10.9. The van der Waals surface area contributed by atoms with Crippen molar-refractivity contribution in [3.05, 3.63) is 64.7 Å². The van der Waals surface area contributed by atoms with E-state index >= 15 is 0 Å². The molecule has 2 aromatic rings. The highest BCUT2D eigenvalue weighted by Crippen LogP contribution is 2.13. The number of hydrazone groups is 1. The van der Waals surface area contributed by atoms with E-state index in [0.29, 0.717) is 10.7 Å². The van der Waals surface area contributed by atoms with E-state index in [4.69, 9.17) is 11.6 Å². The van der Waals surface area contributed by atoms with Crippen molar-refractivity contribution in [2.45, 2.75) is 6.92 Å². The van der Waals surface area contributed by atoms with E-state index in [0.717, 1.165) is 11.1 Å². The maximum atomic E-state index is 11.6. The zero-order chi connectivity index (χ0) is 14.4. The summed E-state index contributed by atoms with van der Waals surface area (Å²) in [5.41, 5.74) is 5.11. The number of nitrogens with zero attached hydrogens (tertiary/aromatic N) is 1. The lowest BCUT2D eigenvalue weighted by Crippen LogP contribution is -2.24. The van der Waals surface area contributed by atoms with Gasteiger partial charge < -0.3 is 5.32 Å². The highest BCUT2D eigenvalue weighted by Gasteiger charge is 1.99. The maximum absolute atomic E-state index is 11.6. The fourth-order valence-corrected chi connectivity index (χ4v) is 1.71. The van der Waals surface area contributed by atoms with E-state index < -0.39 is 6.03 Å². The second-order valence-corrected chi connectivity index (χ2v) is 4.62. The SMILES string of the molecule is Cc1ccccc1/C=N\NC(=O)Nc1ccc(Cl)cc1. The van der Waals surface area contributed by atoms with Crippen molar-refractivity contribution < 1.29 is 4.79 Å². The smallest absolute Gasteiger partial charge is 0.307 e. The fourth-order valence-electron chi connectivity index (χ4n) is 1.58. The van der Waals surface area contributed by atoms with Gasteiger partial charge in [0.2, 0.25) is 0 Å². The van der Waals surface area contributed by atoms with Gasteiger partial charge in [0.25, 0.3) is 0 Å². The molecule has 0 atom stereocenters. The van der Waals surface area contributed by atoms with Gasteiger partial charge in [0.15, 0.2) is 0 Å². The van der Waals surface area contributed by atoms with Crippen LogP contribution < -0.4 is 10.7 Å². The molecule has 4 nitrogen and oxygen atoms in total. The molecular formula is C15H14ClN3O. The maximum Gasteiger partial charge on any atom is 0.339 e. The molecule has 2 aromatic carbocycles. The quantitative estimate of drug-likeness (QED) is 0.655. The molecule has 5 heteroatoms. The summed E-state index contributed by atoms with van der Waals surface area (Å²) in [6, 6.07) is 14.2. The molecule has 0 heterocycles. The average Bonchev–Trinajstić information content (AvgIpc) is 2.43. The Morgan fingerprint density at radius 3 is 2.55 bits per heavy atom. The lowest BCUT2D eigenvalue weighted by atomic mass is 10.1. The van der Waals surface area contributed by atoms with E-state index in [1.54, 1.807) is 30.5 Å². The first-order valence-electron chi connectivity index (χ1n) is 6.06. The van der Waals surface area contributed by atoms with Crippen LogP contribution in [0.5, 0.6) is 0 Å². The molecule has 2 N–H and O–H groups in total. The number of carbonyl (C=O) groups is 1. The van der Waals surface area contributed by atoms with Gasteiger partial charge in [0, 0.05) is 10.7 Å². The molecule has 2 rings (SSSR count). The minimum absolute atomic E-state index is 0.405. The fraction of sp³-hybridized carbons (Fsp3) is 0.0667. The molecule has 0 unspecified atom stereocenters. The van der Waals surface area contributed by atoms with E-state index in [-0.39, 0.29) is 0 Å². The summed E-state index contributed by atoms with van der Waals surface area (Å²) in [6.45, 7) is 1.98. The number of nitrogens with one attached hydrogen (secondary N) is 2. The van der Waals surface area contributed by atoms with Gasteiger partial charge >= 0.3 is 6.03 Å². The molecule has 0 saturated heterocycles. The Kier molecular flexibility index (Phi) is 4.74. The van der Waals surface area contributed by atoms with Crippen LogP contribution in [0.15, 0.2) is 53.6 Å². The number of benzene rings is 2. The lowest BCUT2D eigenvalue weighted by molar-refractivity contribution is 0.252. The molecule has 0 aliphatic rings. The Balaban J connectivity index is 1.89. The Hall–Kier alpha value is -2.33. The molecular weight excluding hydrogens is 274 g/mol. The molecule has 0 spiro atoms. The molecule has 2 amide bonds. The molecule has 102 valence electrons. The van der Waals surface area contributed by atoms with Crippen LogP contribution >= 0.6 is 11.6 Å². The van der Waals surface area contributed by atoms with Gasteiger partial charge in [-0.1, -0.05) is 35.9 Å². The van der Waals surface area contributed by atoms with Crippen molar-refractivity contribution in [3.63, 3.8) is 0 Å². The van der Waals surface area contributed by atoms with Crippen molar-refractivity contribution in [1.82, 2.24) is 5.43 Å². The van der Waals surface area contributed by atoms with Crippen molar-refractivity contribution in [2.75, 3.05) is 5.32 Å². The number of hydrogen-bond donors (Lipinski definition) is 2. The Labute approximate surface area is 122 Å². The highest BCUT2D eigenvalue weighted by molar-refractivity contribution is 6.30. The lowest BCUT2D eigenvalue weighted by Gasteiger charge is -2.04. The van der Waals surface area contributed by atoms with Gasteiger partial charge in [-0.3, -0.25) is 0 Å². The van der Waals surface area contributed by atoms with Crippen LogP contribution in [0.25, 0.3) is 0 Å². The molecule has 0 fully saturated rings. The van der Waals surface area contributed by atoms with Crippen molar-refractivity contribution in [3.8, 4) is 0 Å². The van der Waals surface area contributed by atoms with Crippen LogP contribution in [0.2, 0.25) is 5.02 Å². The predicted molar refractivity (Wildman–Crippen MR) is 82.4 cm³/mol. The van der Waals surface area contributed by atoms with Gasteiger partial charge in [-0.05, 0) is 42.3 Å². The normalized spacial score (nSPS) is 10.5. The minimum atomic E-state index is -0.405. The second kappa shape index (κ2) is 6.73. The zero-order valence-corrected chi connectivity index (χ0v) is 11.7. The molecule has 0 bridgehead atoms. The van der Waals surface area contributed by atoms with Crippen molar-refractivity contribution in [2.24, 2.45) is 5.10 Å². The summed E-state index contributed by atoms with van der Waals surface area (Å²) in [6.07, 6.45) is 1.61. The molecule has 0 radical (unpaired) electrons. The summed E-state index contributed by atoms with van der Waals surface area (Å²) in [4.78, 5) is 11.6. The second-order valence-electron chi connectivity index (χ2n) is 4.19. The average molecular weight is 288 g/mol. The van der Waals surface area contributed by atoms with Crippen LogP contribution in [0.4, 0.5) is 10.5 Å². The summed E-state index contributed by atoms with van der Waals surface area (Å²) < 4.78 is 0. The first-order valence-corrected chi connectivity index (χ1v) is 6.44. The number of hydrogen-bond acceptors (Lipinski definition) is 2. The number of anilines is 1. The third-order valence-electron chi connectivity index (χ3n) is 2.66. The summed E-state index contributed by atoms with van der Waals surface area (Å²) in [5.74, 6) is 0. The van der Waals surface area contributed by atoms with Gasteiger partial charge in [-0.2, -0.15) is 5.10 Å². The third kappa shape index (κ3) is 4.10. The van der Waals surface area contributed by atoms with Crippen molar-refractivity contribution in [1.29, 1.82) is 0 Å². The van der Waals surface area contributed by atoms with E-state index in [1.165, 1.54) is 0 Å². The Bertz CT molecular complexity index is 623. The largest absolute Gasteiger partial charge is 0.339 e. The monoisotopic (exact) mass is 287 g/mol. The number of urea groups is 1. The standard InChI is InChI=1S/C15H14ClN3O/c1-11-4-2-3-5-12(11)10-17-19-15(20)18-14-8-6-13(16)7-9-14/h2-10H,1H3,(H2,18,19,20)/b17-10-. The molecule has 0 aliphatic carbocycles. The van der Waals surface area contributed by atoms with Gasteiger partial charge in [-0.25, -0.2) is 10.2 Å². The van der Waals surface area contributed by atoms with Gasteiger partial charge in [0.05, 0.1) is 6.21 Å². The van der Waals surface area contributed by atoms with Gasteiger partial charge in [-0.15, -0.1) is 0 Å². The number of rotatable bonds is 3. The molecule has 0 aliphatic heterocycles. The topological polar surface area (TPSA) is 53.5 Å². The first kappa shape index (κ1) is 14.1. The summed E-state index contributed by atoms with van der Waals surface area (Å²) in [7, 11) is 0. The number of aryl methyl sites for hydroxylation is 1. The molecule has 20 heavy (non-hydrogen) atoms. The van der Waals surface area contributed by atoms with E-state index in [1.807, 2.05) is 31.2 Å². The van der Waals surface area contributed by atoms with Gasteiger partial charge in [0.1, 0.15) is 0 Å². The minimum Gasteiger partial charge on any atom is -0.307 e. The summed E-state index contributed by atoms with van der Waals surface area (Å²) >= 11 is 5.76. The number of carbonyl (C=O) groups excluding carboxylic acids is 1. The van der Waals surface area contributed by atoms with Crippen molar-refractivity contribution >= 4 is 29.5 Å². The van der Waals surface area contributed by atoms with Crippen LogP contribution in [0.1, 0.15) is 11.1 Å². The van der Waals surface area contributed by atoms with E-state index in [2.05, 4.69) is 15.8 Å². The number of halogens is 1. The molecule has 0 aromatic heterocycles. The van der Waals surface area contributed by atoms with Crippen LogP contribution in [0.3, 0.4) is 0 Å².